The van der Waals surface area contributed by atoms with Gasteiger partial charge in [0, 0.05) is 25.6 Å². The van der Waals surface area contributed by atoms with Crippen LogP contribution in [-0.4, -0.2) is 52.8 Å². The second-order valence-electron chi connectivity index (χ2n) is 8.00. The van der Waals surface area contributed by atoms with Crippen LogP contribution >= 0.6 is 0 Å². The number of fused-ring (bicyclic) bond motifs is 1. The molecular formula is C20H23FN4O4. The molecule has 154 valence electrons. The van der Waals surface area contributed by atoms with Crippen LogP contribution in [0, 0.1) is 0 Å². The number of nitrogens with one attached hydrogen (secondary N) is 2. The second-order valence-corrected chi connectivity index (χ2v) is 8.00. The molecule has 1 aromatic rings. The molecule has 2 aliphatic heterocycles. The van der Waals surface area contributed by atoms with Crippen molar-refractivity contribution in [2.24, 2.45) is 5.73 Å². The van der Waals surface area contributed by atoms with Crippen molar-refractivity contribution in [1.82, 2.24) is 15.5 Å². The number of benzene rings is 1. The predicted octanol–water partition coefficient (Wildman–Crippen LogP) is 0.397. The Kier molecular flexibility index (Phi) is 4.95. The van der Waals surface area contributed by atoms with E-state index >= 15 is 0 Å². The van der Waals surface area contributed by atoms with Gasteiger partial charge in [0.05, 0.1) is 11.1 Å². The van der Waals surface area contributed by atoms with Crippen LogP contribution in [0.2, 0.25) is 0 Å². The van der Waals surface area contributed by atoms with E-state index in [9.17, 15) is 23.6 Å². The minimum absolute atomic E-state index is 0.00843. The van der Waals surface area contributed by atoms with Crippen LogP contribution in [0.4, 0.5) is 4.39 Å². The van der Waals surface area contributed by atoms with Crippen LogP contribution in [0.3, 0.4) is 0 Å². The summed E-state index contributed by atoms with van der Waals surface area (Å²) in [4.78, 5) is 49.9. The number of carbonyl (C=O) groups is 4. The summed E-state index contributed by atoms with van der Waals surface area (Å²) in [6.45, 7) is 0.440. The first kappa shape index (κ1) is 19.7. The minimum Gasteiger partial charge on any atom is -0.328 e. The number of hydrogen-bond acceptors (Lipinski definition) is 6. The van der Waals surface area contributed by atoms with E-state index in [0.29, 0.717) is 25.8 Å². The maximum absolute atomic E-state index is 14.3. The quantitative estimate of drug-likeness (QED) is 0.613. The Morgan fingerprint density at radius 3 is 2.62 bits per heavy atom. The Hall–Kier alpha value is -2.65. The third-order valence-corrected chi connectivity index (χ3v) is 6.02. The van der Waals surface area contributed by atoms with Crippen molar-refractivity contribution in [2.45, 2.75) is 56.4 Å². The average Bonchev–Trinajstić information content (AvgIpc) is 3.19. The summed E-state index contributed by atoms with van der Waals surface area (Å²) in [7, 11) is 0. The molecule has 4 rings (SSSR count). The predicted molar refractivity (Wildman–Crippen MR) is 100 cm³/mol. The highest BCUT2D eigenvalue weighted by Gasteiger charge is 2.44. The Morgan fingerprint density at radius 1 is 1.17 bits per heavy atom. The first-order valence-electron chi connectivity index (χ1n) is 9.78. The standard InChI is InChI=1S/C20H23FN4O4/c21-20(10-22)6-5-12(8-20)23-9-11-1-2-13-14(7-11)19(29)25(18(13)28)15-3-4-16(26)24-17(15)27/h1-2,7,12,15,23H,3-6,8-10,22H2,(H,24,26,27)/t12-,15?,20+/m0/s1. The number of amides is 4. The van der Waals surface area contributed by atoms with Crippen molar-refractivity contribution in [1.29, 1.82) is 0 Å². The average molecular weight is 402 g/mol. The normalized spacial score (nSPS) is 29.4. The van der Waals surface area contributed by atoms with E-state index in [1.165, 1.54) is 0 Å². The summed E-state index contributed by atoms with van der Waals surface area (Å²) >= 11 is 0. The van der Waals surface area contributed by atoms with Gasteiger partial charge in [-0.25, -0.2) is 4.39 Å². The maximum atomic E-state index is 14.3. The van der Waals surface area contributed by atoms with Gasteiger partial charge in [0.1, 0.15) is 11.7 Å². The van der Waals surface area contributed by atoms with E-state index in [4.69, 9.17) is 5.73 Å². The number of nitrogens with two attached hydrogens (primary N) is 1. The third kappa shape index (κ3) is 3.56. The van der Waals surface area contributed by atoms with Crippen LogP contribution < -0.4 is 16.4 Å². The van der Waals surface area contributed by atoms with E-state index < -0.39 is 35.3 Å². The first-order chi connectivity index (χ1) is 13.8. The summed E-state index contributed by atoms with van der Waals surface area (Å²) in [5, 5.41) is 5.46. The fourth-order valence-corrected chi connectivity index (χ4v) is 4.33. The minimum atomic E-state index is -1.32. The molecule has 0 bridgehead atoms. The molecule has 1 aromatic carbocycles. The topological polar surface area (TPSA) is 122 Å². The number of nitrogens with zero attached hydrogens (tertiary/aromatic N) is 1. The Balaban J connectivity index is 1.46. The molecule has 4 N–H and O–H groups in total. The molecule has 3 atom stereocenters. The monoisotopic (exact) mass is 402 g/mol. The lowest BCUT2D eigenvalue weighted by Crippen LogP contribution is -2.54. The van der Waals surface area contributed by atoms with Gasteiger partial charge in [0.15, 0.2) is 0 Å². The van der Waals surface area contributed by atoms with Gasteiger partial charge in [-0.15, -0.1) is 0 Å². The number of halogens is 1. The number of piperidine rings is 1. The van der Waals surface area contributed by atoms with Gasteiger partial charge >= 0.3 is 0 Å². The van der Waals surface area contributed by atoms with Gasteiger partial charge in [0.2, 0.25) is 11.8 Å². The molecule has 4 amide bonds. The molecule has 2 fully saturated rings. The number of hydrogen-bond donors (Lipinski definition) is 3. The highest BCUT2D eigenvalue weighted by atomic mass is 19.1. The van der Waals surface area contributed by atoms with Crippen LogP contribution in [-0.2, 0) is 16.1 Å². The molecule has 3 aliphatic rings. The van der Waals surface area contributed by atoms with Gasteiger partial charge in [-0.3, -0.25) is 29.4 Å². The largest absolute Gasteiger partial charge is 0.328 e. The summed E-state index contributed by atoms with van der Waals surface area (Å²) in [5.41, 5.74) is 5.46. The summed E-state index contributed by atoms with van der Waals surface area (Å²) in [6, 6.07) is 3.98. The van der Waals surface area contributed by atoms with Crippen LogP contribution in [0.25, 0.3) is 0 Å². The molecule has 0 radical (unpaired) electrons. The lowest BCUT2D eigenvalue weighted by atomic mass is 10.0. The van der Waals surface area contributed by atoms with Gasteiger partial charge in [0.25, 0.3) is 11.8 Å². The fraction of sp³-hybridized carbons (Fsp3) is 0.500. The van der Waals surface area contributed by atoms with Gasteiger partial charge < -0.3 is 11.1 Å². The molecule has 0 spiro atoms. The van der Waals surface area contributed by atoms with Crippen LogP contribution in [0.5, 0.6) is 0 Å². The lowest BCUT2D eigenvalue weighted by molar-refractivity contribution is -0.136. The molecule has 1 saturated carbocycles. The lowest BCUT2D eigenvalue weighted by Gasteiger charge is -2.27. The van der Waals surface area contributed by atoms with Gasteiger partial charge in [-0.2, -0.15) is 0 Å². The molecule has 1 saturated heterocycles. The zero-order valence-electron chi connectivity index (χ0n) is 15.9. The van der Waals surface area contributed by atoms with Crippen molar-refractivity contribution >= 4 is 23.6 Å². The molecule has 8 nitrogen and oxygen atoms in total. The third-order valence-electron chi connectivity index (χ3n) is 6.02. The molecule has 1 aliphatic carbocycles. The van der Waals surface area contributed by atoms with Gasteiger partial charge in [-0.1, -0.05) is 6.07 Å². The summed E-state index contributed by atoms with van der Waals surface area (Å²) < 4.78 is 14.3. The molecular weight excluding hydrogens is 379 g/mol. The molecule has 0 aromatic heterocycles. The first-order valence-corrected chi connectivity index (χ1v) is 9.78. The maximum Gasteiger partial charge on any atom is 0.262 e. The van der Waals surface area contributed by atoms with Crippen molar-refractivity contribution < 1.29 is 23.6 Å². The van der Waals surface area contributed by atoms with E-state index in [2.05, 4.69) is 10.6 Å². The Bertz CT molecular complexity index is 904. The van der Waals surface area contributed by atoms with Crippen molar-refractivity contribution in [3.63, 3.8) is 0 Å². The highest BCUT2D eigenvalue weighted by molar-refractivity contribution is 6.23. The molecule has 9 heteroatoms. The van der Waals surface area contributed by atoms with Crippen molar-refractivity contribution in [2.75, 3.05) is 6.54 Å². The number of rotatable bonds is 5. The van der Waals surface area contributed by atoms with Crippen molar-refractivity contribution in [3.05, 3.63) is 34.9 Å². The fourth-order valence-electron chi connectivity index (χ4n) is 4.33. The Labute approximate surface area is 167 Å². The Morgan fingerprint density at radius 2 is 1.93 bits per heavy atom. The van der Waals surface area contributed by atoms with Gasteiger partial charge in [-0.05, 0) is 43.4 Å². The zero-order chi connectivity index (χ0) is 20.8. The summed E-state index contributed by atoms with van der Waals surface area (Å²) in [6.07, 6.45) is 1.69. The van der Waals surface area contributed by atoms with E-state index in [0.717, 1.165) is 10.5 Å². The summed E-state index contributed by atoms with van der Waals surface area (Å²) in [5.74, 6) is -2.10. The molecule has 1 unspecified atom stereocenters. The number of alkyl halides is 1. The second kappa shape index (κ2) is 7.31. The van der Waals surface area contributed by atoms with E-state index in [-0.39, 0.29) is 36.6 Å². The molecule has 29 heavy (non-hydrogen) atoms. The smallest absolute Gasteiger partial charge is 0.262 e. The SMILES string of the molecule is NC[C@@]1(F)CC[C@H](NCc2ccc3c(c2)C(=O)N(C2CCC(=O)NC2=O)C3=O)C1. The van der Waals surface area contributed by atoms with Crippen LogP contribution in [0.1, 0.15) is 58.4 Å². The van der Waals surface area contributed by atoms with E-state index in [1.54, 1.807) is 18.2 Å². The number of carbonyl (C=O) groups excluding carboxylic acids is 4. The van der Waals surface area contributed by atoms with Crippen LogP contribution in [0.15, 0.2) is 18.2 Å². The highest BCUT2D eigenvalue weighted by Crippen LogP contribution is 2.33. The number of imide groups is 2. The van der Waals surface area contributed by atoms with Crippen molar-refractivity contribution in [3.8, 4) is 0 Å². The molecule has 2 heterocycles. The zero-order valence-corrected chi connectivity index (χ0v) is 15.9. The van der Waals surface area contributed by atoms with E-state index in [1.807, 2.05) is 0 Å².